The molecule has 1 unspecified atom stereocenters. The average Bonchev–Trinajstić information content (AvgIpc) is 3.32. The van der Waals surface area contributed by atoms with Crippen molar-refractivity contribution in [2.24, 2.45) is 0 Å². The summed E-state index contributed by atoms with van der Waals surface area (Å²) in [5.74, 6) is 0.0400. The topological polar surface area (TPSA) is 21.3 Å². The molecule has 0 heterocycles. The molecule has 3 rings (SSSR count). The quantitative estimate of drug-likeness (QED) is 0.901. The molecule has 21 heavy (non-hydrogen) atoms. The third kappa shape index (κ3) is 2.32. The minimum atomic E-state index is -0.262. The van der Waals surface area contributed by atoms with E-state index in [9.17, 15) is 4.39 Å². The van der Waals surface area contributed by atoms with Crippen LogP contribution in [-0.2, 0) is 5.41 Å². The van der Waals surface area contributed by atoms with Crippen molar-refractivity contribution < 1.29 is 9.13 Å². The van der Waals surface area contributed by atoms with Crippen LogP contribution in [0.4, 0.5) is 4.39 Å². The van der Waals surface area contributed by atoms with E-state index in [1.54, 1.807) is 6.07 Å². The average molecular weight is 285 g/mol. The second kappa shape index (κ2) is 5.49. The third-order valence-corrected chi connectivity index (χ3v) is 4.50. The summed E-state index contributed by atoms with van der Waals surface area (Å²) in [6.45, 7) is 0. The van der Waals surface area contributed by atoms with Crippen molar-refractivity contribution in [3.63, 3.8) is 0 Å². The maximum Gasteiger partial charge on any atom is 0.169 e. The Hall–Kier alpha value is -1.87. The molecule has 1 aliphatic carbocycles. The summed E-state index contributed by atoms with van der Waals surface area (Å²) in [7, 11) is 3.40. The van der Waals surface area contributed by atoms with Crippen molar-refractivity contribution in [2.45, 2.75) is 24.3 Å². The molecule has 2 nitrogen and oxygen atoms in total. The Bertz CT molecular complexity index is 622. The first-order chi connectivity index (χ1) is 10.2. The SMILES string of the molecule is CNC(c1cccc(OC)c1F)C1(c2ccccc2)CC1. The molecule has 0 radical (unpaired) electrons. The van der Waals surface area contributed by atoms with E-state index in [2.05, 4.69) is 17.4 Å². The Labute approximate surface area is 125 Å². The van der Waals surface area contributed by atoms with E-state index >= 15 is 0 Å². The lowest BCUT2D eigenvalue weighted by atomic mass is 9.83. The van der Waals surface area contributed by atoms with E-state index < -0.39 is 0 Å². The van der Waals surface area contributed by atoms with E-state index in [1.807, 2.05) is 37.4 Å². The summed E-state index contributed by atoms with van der Waals surface area (Å²) in [6.07, 6.45) is 2.14. The summed E-state index contributed by atoms with van der Waals surface area (Å²) in [4.78, 5) is 0. The van der Waals surface area contributed by atoms with Gasteiger partial charge in [-0.1, -0.05) is 42.5 Å². The van der Waals surface area contributed by atoms with E-state index in [4.69, 9.17) is 4.74 Å². The van der Waals surface area contributed by atoms with Crippen molar-refractivity contribution in [1.82, 2.24) is 5.32 Å². The van der Waals surface area contributed by atoms with Crippen molar-refractivity contribution in [3.8, 4) is 5.75 Å². The number of methoxy groups -OCH3 is 1. The fourth-order valence-corrected chi connectivity index (χ4v) is 3.29. The molecule has 1 atom stereocenters. The third-order valence-electron chi connectivity index (χ3n) is 4.50. The van der Waals surface area contributed by atoms with Crippen LogP contribution in [0.5, 0.6) is 5.75 Å². The fourth-order valence-electron chi connectivity index (χ4n) is 3.29. The molecule has 0 spiro atoms. The Morgan fingerprint density at radius 3 is 2.38 bits per heavy atom. The van der Waals surface area contributed by atoms with Crippen LogP contribution in [-0.4, -0.2) is 14.2 Å². The van der Waals surface area contributed by atoms with Gasteiger partial charge in [0.1, 0.15) is 0 Å². The lowest BCUT2D eigenvalue weighted by Gasteiger charge is -2.28. The zero-order chi connectivity index (χ0) is 14.9. The molecule has 110 valence electrons. The van der Waals surface area contributed by atoms with Gasteiger partial charge in [0.25, 0.3) is 0 Å². The minimum Gasteiger partial charge on any atom is -0.494 e. The first-order valence-corrected chi connectivity index (χ1v) is 7.28. The van der Waals surface area contributed by atoms with Crippen LogP contribution in [0.1, 0.15) is 30.0 Å². The Kier molecular flexibility index (Phi) is 3.68. The van der Waals surface area contributed by atoms with Crippen molar-refractivity contribution in [1.29, 1.82) is 0 Å². The zero-order valence-electron chi connectivity index (χ0n) is 12.4. The lowest BCUT2D eigenvalue weighted by Crippen LogP contribution is -2.30. The number of benzene rings is 2. The van der Waals surface area contributed by atoms with E-state index in [0.29, 0.717) is 11.3 Å². The maximum absolute atomic E-state index is 14.6. The zero-order valence-corrected chi connectivity index (χ0v) is 12.4. The predicted molar refractivity (Wildman–Crippen MR) is 82.1 cm³/mol. The first kappa shape index (κ1) is 14.1. The number of rotatable bonds is 5. The molecule has 1 aliphatic rings. The van der Waals surface area contributed by atoms with Crippen molar-refractivity contribution >= 4 is 0 Å². The van der Waals surface area contributed by atoms with Gasteiger partial charge >= 0.3 is 0 Å². The van der Waals surface area contributed by atoms with E-state index in [-0.39, 0.29) is 17.3 Å². The summed E-state index contributed by atoms with van der Waals surface area (Å²) in [5.41, 5.74) is 1.94. The van der Waals surface area contributed by atoms with Gasteiger partial charge in [-0.2, -0.15) is 0 Å². The second-order valence-electron chi connectivity index (χ2n) is 5.61. The standard InChI is InChI=1S/C18H20FNO/c1-20-17(14-9-6-10-15(21-2)16(14)19)18(11-12-18)13-7-4-3-5-8-13/h3-10,17,20H,11-12H2,1-2H3. The van der Waals surface area contributed by atoms with Gasteiger partial charge in [-0.15, -0.1) is 0 Å². The molecule has 1 fully saturated rings. The highest BCUT2D eigenvalue weighted by atomic mass is 19.1. The molecule has 0 aromatic heterocycles. The van der Waals surface area contributed by atoms with Gasteiger partial charge in [0.15, 0.2) is 11.6 Å². The van der Waals surface area contributed by atoms with Crippen LogP contribution in [0.15, 0.2) is 48.5 Å². The minimum absolute atomic E-state index is 0.0107. The second-order valence-corrected chi connectivity index (χ2v) is 5.61. The molecular weight excluding hydrogens is 265 g/mol. The number of ether oxygens (including phenoxy) is 1. The monoisotopic (exact) mass is 285 g/mol. The largest absolute Gasteiger partial charge is 0.494 e. The number of hydrogen-bond acceptors (Lipinski definition) is 2. The normalized spacial score (nSPS) is 17.3. The number of halogens is 1. The molecule has 0 bridgehead atoms. The van der Waals surface area contributed by atoms with Crippen LogP contribution in [0.2, 0.25) is 0 Å². The first-order valence-electron chi connectivity index (χ1n) is 7.28. The highest BCUT2D eigenvalue weighted by Gasteiger charge is 2.51. The van der Waals surface area contributed by atoms with Crippen LogP contribution >= 0.6 is 0 Å². The smallest absolute Gasteiger partial charge is 0.169 e. The van der Waals surface area contributed by atoms with Gasteiger partial charge in [0, 0.05) is 17.0 Å². The van der Waals surface area contributed by atoms with Crippen LogP contribution in [0.25, 0.3) is 0 Å². The molecule has 3 heteroatoms. The van der Waals surface area contributed by atoms with E-state index in [1.165, 1.54) is 12.7 Å². The molecule has 2 aromatic rings. The summed E-state index contributed by atoms with van der Waals surface area (Å²) < 4.78 is 19.7. The van der Waals surface area contributed by atoms with Gasteiger partial charge in [0.2, 0.25) is 0 Å². The number of hydrogen-bond donors (Lipinski definition) is 1. The molecule has 1 saturated carbocycles. The molecule has 0 saturated heterocycles. The summed E-state index contributed by atoms with van der Waals surface area (Å²) in [6, 6.07) is 15.7. The van der Waals surface area contributed by atoms with Crippen LogP contribution < -0.4 is 10.1 Å². The van der Waals surface area contributed by atoms with Gasteiger partial charge in [-0.25, -0.2) is 4.39 Å². The van der Waals surface area contributed by atoms with Crippen LogP contribution in [0.3, 0.4) is 0 Å². The number of likely N-dealkylation sites (N-methyl/N-ethyl adjacent to an activating group) is 1. The highest BCUT2D eigenvalue weighted by molar-refractivity contribution is 5.41. The lowest BCUT2D eigenvalue weighted by molar-refractivity contribution is 0.373. The molecule has 0 aliphatic heterocycles. The molecule has 2 aromatic carbocycles. The van der Waals surface area contributed by atoms with Crippen molar-refractivity contribution in [2.75, 3.05) is 14.2 Å². The van der Waals surface area contributed by atoms with E-state index in [0.717, 1.165) is 12.8 Å². The van der Waals surface area contributed by atoms with Gasteiger partial charge in [-0.05, 0) is 31.5 Å². The predicted octanol–water partition coefficient (Wildman–Crippen LogP) is 3.83. The Balaban J connectivity index is 2.04. The Morgan fingerprint density at radius 2 is 1.81 bits per heavy atom. The van der Waals surface area contributed by atoms with Gasteiger partial charge in [0.05, 0.1) is 7.11 Å². The fraction of sp³-hybridized carbons (Fsp3) is 0.333. The van der Waals surface area contributed by atoms with Crippen LogP contribution in [0, 0.1) is 5.82 Å². The maximum atomic E-state index is 14.6. The highest BCUT2D eigenvalue weighted by Crippen LogP contribution is 2.56. The molecule has 0 amide bonds. The number of nitrogens with one attached hydrogen (secondary N) is 1. The van der Waals surface area contributed by atoms with Gasteiger partial charge < -0.3 is 10.1 Å². The van der Waals surface area contributed by atoms with Crippen molar-refractivity contribution in [3.05, 3.63) is 65.5 Å². The van der Waals surface area contributed by atoms with Gasteiger partial charge in [-0.3, -0.25) is 0 Å². The Morgan fingerprint density at radius 1 is 1.10 bits per heavy atom. The summed E-state index contributed by atoms with van der Waals surface area (Å²) >= 11 is 0. The summed E-state index contributed by atoms with van der Waals surface area (Å²) in [5, 5.41) is 3.32. The molecule has 1 N–H and O–H groups in total. The molecular formula is C18H20FNO.